The fourth-order valence-electron chi connectivity index (χ4n) is 8.67. The molecule has 0 spiro atoms. The number of allylic oxidation sites excluding steroid dienone is 1. The molecule has 0 amide bonds. The third-order valence-electron chi connectivity index (χ3n) is 10.5. The number of fused-ring (bicyclic) bond motifs is 5. The second kappa shape index (κ2) is 10.8. The number of carboxylic acid groups (broad SMARTS) is 1. The van der Waals surface area contributed by atoms with Gasteiger partial charge in [0, 0.05) is 0 Å². The highest BCUT2D eigenvalue weighted by Crippen LogP contribution is 2.67. The Balaban J connectivity index is 0.000000429. The fourth-order valence-corrected chi connectivity index (χ4v) is 8.67. The predicted molar refractivity (Wildman–Crippen MR) is 133 cm³/mol. The van der Waals surface area contributed by atoms with Crippen molar-refractivity contribution in [3.8, 4) is 0 Å². The zero-order valence-electron chi connectivity index (χ0n) is 22.3. The van der Waals surface area contributed by atoms with Crippen molar-refractivity contribution in [2.24, 2.45) is 46.3 Å². The van der Waals surface area contributed by atoms with Crippen LogP contribution in [-0.2, 0) is 4.79 Å². The number of aliphatic hydroxyl groups is 1. The number of rotatable bonds is 5. The van der Waals surface area contributed by atoms with Crippen LogP contribution in [0.1, 0.15) is 105 Å². The van der Waals surface area contributed by atoms with E-state index >= 15 is 0 Å². The van der Waals surface area contributed by atoms with E-state index in [1.807, 2.05) is 0 Å². The third kappa shape index (κ3) is 5.93. The zero-order valence-corrected chi connectivity index (χ0v) is 22.3. The highest BCUT2D eigenvalue weighted by molar-refractivity contribution is 5.73. The van der Waals surface area contributed by atoms with Gasteiger partial charge in [0.15, 0.2) is 0 Å². The molecule has 0 aromatic rings. The van der Waals surface area contributed by atoms with E-state index in [2.05, 4.69) is 40.7 Å². The molecule has 3 nitrogen and oxygen atoms in total. The molecule has 0 bridgehead atoms. The molecular formula is C29H47F3O3. The predicted octanol–water partition coefficient (Wildman–Crippen LogP) is 8.02. The molecule has 4 aliphatic carbocycles. The van der Waals surface area contributed by atoms with E-state index in [0.29, 0.717) is 10.8 Å². The van der Waals surface area contributed by atoms with Crippen molar-refractivity contribution >= 4 is 5.97 Å². The Morgan fingerprint density at radius 1 is 1.06 bits per heavy atom. The topological polar surface area (TPSA) is 57.5 Å². The number of aliphatic carboxylic acids is 1. The zero-order chi connectivity index (χ0) is 26.2. The van der Waals surface area contributed by atoms with Gasteiger partial charge in [-0.05, 0) is 97.7 Å². The van der Waals surface area contributed by atoms with Crippen molar-refractivity contribution in [3.63, 3.8) is 0 Å². The minimum absolute atomic E-state index is 0.0766. The Kier molecular flexibility index (Phi) is 8.76. The molecule has 3 fully saturated rings. The Labute approximate surface area is 209 Å². The van der Waals surface area contributed by atoms with Gasteiger partial charge < -0.3 is 10.2 Å². The van der Waals surface area contributed by atoms with E-state index in [4.69, 9.17) is 9.90 Å². The molecule has 0 saturated heterocycles. The van der Waals surface area contributed by atoms with E-state index in [9.17, 15) is 18.3 Å². The number of carboxylic acids is 1. The van der Waals surface area contributed by atoms with Crippen molar-refractivity contribution in [1.82, 2.24) is 0 Å². The lowest BCUT2D eigenvalue weighted by molar-refractivity contribution is -0.192. The van der Waals surface area contributed by atoms with Crippen LogP contribution in [0.3, 0.4) is 0 Å². The summed E-state index contributed by atoms with van der Waals surface area (Å²) in [7, 11) is 0. The van der Waals surface area contributed by atoms with Crippen LogP contribution in [-0.4, -0.2) is 28.5 Å². The van der Waals surface area contributed by atoms with E-state index in [1.165, 1.54) is 57.8 Å². The molecule has 0 radical (unpaired) electrons. The van der Waals surface area contributed by atoms with Crippen LogP contribution >= 0.6 is 0 Å². The Bertz CT molecular complexity index is 776. The van der Waals surface area contributed by atoms with Crippen molar-refractivity contribution in [1.29, 1.82) is 0 Å². The molecule has 4 rings (SSSR count). The number of carbonyl (C=O) groups is 1. The molecule has 6 heteroatoms. The van der Waals surface area contributed by atoms with Crippen LogP contribution in [0.4, 0.5) is 13.2 Å². The summed E-state index contributed by atoms with van der Waals surface area (Å²) in [5.41, 5.74) is 2.60. The summed E-state index contributed by atoms with van der Waals surface area (Å²) in [4.78, 5) is 8.90. The summed E-state index contributed by atoms with van der Waals surface area (Å²) >= 11 is 0. The molecule has 0 aromatic heterocycles. The molecule has 8 atom stereocenters. The first-order valence-corrected chi connectivity index (χ1v) is 13.9. The van der Waals surface area contributed by atoms with E-state index < -0.39 is 12.1 Å². The normalized spacial score (nSPS) is 39.5. The highest BCUT2D eigenvalue weighted by Gasteiger charge is 2.59. The lowest BCUT2D eigenvalue weighted by atomic mass is 9.47. The molecular weight excluding hydrogens is 453 g/mol. The first-order valence-electron chi connectivity index (χ1n) is 13.9. The summed E-state index contributed by atoms with van der Waals surface area (Å²) in [5, 5.41) is 17.3. The smallest absolute Gasteiger partial charge is 0.475 e. The lowest BCUT2D eigenvalue weighted by Gasteiger charge is -2.58. The van der Waals surface area contributed by atoms with Crippen LogP contribution < -0.4 is 0 Å². The van der Waals surface area contributed by atoms with E-state index in [0.717, 1.165) is 48.3 Å². The number of hydrogen-bond acceptors (Lipinski definition) is 2. The summed E-state index contributed by atoms with van der Waals surface area (Å²) in [6.07, 6.45) is 12.1. The van der Waals surface area contributed by atoms with Gasteiger partial charge in [0.25, 0.3) is 0 Å². The van der Waals surface area contributed by atoms with Crippen molar-refractivity contribution in [2.75, 3.05) is 0 Å². The van der Waals surface area contributed by atoms with Gasteiger partial charge in [-0.3, -0.25) is 0 Å². The molecule has 3 saturated carbocycles. The highest BCUT2D eigenvalue weighted by atomic mass is 19.4. The Morgan fingerprint density at radius 2 is 1.71 bits per heavy atom. The summed E-state index contributed by atoms with van der Waals surface area (Å²) in [5.74, 6) is 2.70. The van der Waals surface area contributed by atoms with Crippen LogP contribution in [0.5, 0.6) is 0 Å². The second-order valence-corrected chi connectivity index (χ2v) is 13.0. The second-order valence-electron chi connectivity index (χ2n) is 13.0. The van der Waals surface area contributed by atoms with E-state index in [-0.39, 0.29) is 6.10 Å². The third-order valence-corrected chi connectivity index (χ3v) is 10.5. The SMILES string of the molecule is CC(C)CCCC(C)C1CCC2C3CC=C4CC(O)CC[C@]4(C)C3CC[C@]12C.O=C(O)C(F)(F)F. The number of halogens is 3. The molecule has 2 N–H and O–H groups in total. The monoisotopic (exact) mass is 500 g/mol. The first kappa shape index (κ1) is 28.5. The number of hydrogen-bond donors (Lipinski definition) is 2. The van der Waals surface area contributed by atoms with Gasteiger partial charge >= 0.3 is 12.1 Å². The maximum Gasteiger partial charge on any atom is 0.490 e. The van der Waals surface area contributed by atoms with Crippen LogP contribution in [0, 0.1) is 46.3 Å². The van der Waals surface area contributed by atoms with E-state index in [1.54, 1.807) is 5.57 Å². The van der Waals surface area contributed by atoms with Gasteiger partial charge in [-0.15, -0.1) is 0 Å². The Morgan fingerprint density at radius 3 is 2.31 bits per heavy atom. The van der Waals surface area contributed by atoms with Gasteiger partial charge in [-0.2, -0.15) is 13.2 Å². The molecule has 0 aliphatic heterocycles. The van der Waals surface area contributed by atoms with Gasteiger partial charge in [0.05, 0.1) is 6.10 Å². The standard InChI is InChI=1S/C27H46O.C2HF3O2/c1-18(2)7-6-8-19(3)23-11-12-24-22-10-9-20-17-21(28)13-15-26(20,4)25(22)14-16-27(23,24)5;3-2(4,5)1(6)7/h9,18-19,21-25,28H,6-8,10-17H2,1-5H3;(H,6,7)/t19?,21?,22?,23?,24?,25?,26-,27+;/m0./s1. The minimum atomic E-state index is -5.08. The summed E-state index contributed by atoms with van der Waals surface area (Å²) in [6, 6.07) is 0. The average Bonchev–Trinajstić information content (AvgIpc) is 3.11. The summed E-state index contributed by atoms with van der Waals surface area (Å²) in [6.45, 7) is 12.6. The lowest BCUT2D eigenvalue weighted by Crippen LogP contribution is -2.50. The Hall–Kier alpha value is -1.04. The van der Waals surface area contributed by atoms with Crippen LogP contribution in [0.25, 0.3) is 0 Å². The van der Waals surface area contributed by atoms with Gasteiger partial charge in [0.1, 0.15) is 0 Å². The molecule has 6 unspecified atom stereocenters. The number of aliphatic hydroxyl groups excluding tert-OH is 1. The number of alkyl halides is 3. The van der Waals surface area contributed by atoms with Crippen molar-refractivity contribution in [2.45, 2.75) is 118 Å². The molecule has 35 heavy (non-hydrogen) atoms. The van der Waals surface area contributed by atoms with Crippen LogP contribution in [0.15, 0.2) is 11.6 Å². The maximum absolute atomic E-state index is 10.6. The van der Waals surface area contributed by atoms with Gasteiger partial charge in [-0.25, -0.2) is 4.79 Å². The van der Waals surface area contributed by atoms with Crippen molar-refractivity contribution < 1.29 is 28.2 Å². The largest absolute Gasteiger partial charge is 0.490 e. The molecule has 4 aliphatic rings. The molecule has 202 valence electrons. The van der Waals surface area contributed by atoms with Crippen molar-refractivity contribution in [3.05, 3.63) is 11.6 Å². The fraction of sp³-hybridized carbons (Fsp3) is 0.897. The minimum Gasteiger partial charge on any atom is -0.475 e. The first-order chi connectivity index (χ1) is 16.2. The maximum atomic E-state index is 10.6. The molecule has 0 aromatic carbocycles. The van der Waals surface area contributed by atoms with Gasteiger partial charge in [-0.1, -0.05) is 65.5 Å². The van der Waals surface area contributed by atoms with Crippen LogP contribution in [0.2, 0.25) is 0 Å². The average molecular weight is 501 g/mol. The molecule has 0 heterocycles. The quantitative estimate of drug-likeness (QED) is 0.376. The van der Waals surface area contributed by atoms with Gasteiger partial charge in [0.2, 0.25) is 0 Å². The summed E-state index contributed by atoms with van der Waals surface area (Å²) < 4.78 is 31.7.